The normalized spacial score (nSPS) is 33.5. The summed E-state index contributed by atoms with van der Waals surface area (Å²) in [6.07, 6.45) is 6.66. The maximum absolute atomic E-state index is 6.72. The van der Waals surface area contributed by atoms with Crippen molar-refractivity contribution in [2.45, 2.75) is 77.5 Å². The summed E-state index contributed by atoms with van der Waals surface area (Å²) >= 11 is 0. The smallest absolute Gasteiger partial charge is 0.0662 e. The number of rotatable bonds is 8. The van der Waals surface area contributed by atoms with Crippen LogP contribution >= 0.6 is 0 Å². The minimum Gasteiger partial charge on any atom is -0.378 e. The molecule has 2 rings (SSSR count). The van der Waals surface area contributed by atoms with Crippen LogP contribution in [-0.4, -0.2) is 42.3 Å². The second-order valence-corrected chi connectivity index (χ2v) is 7.08. The van der Waals surface area contributed by atoms with Gasteiger partial charge in [0.25, 0.3) is 0 Å². The predicted octanol–water partition coefficient (Wildman–Crippen LogP) is 2.78. The van der Waals surface area contributed by atoms with Crippen molar-refractivity contribution in [1.29, 1.82) is 0 Å². The first-order valence-electron chi connectivity index (χ1n) is 8.09. The van der Waals surface area contributed by atoms with Crippen molar-refractivity contribution >= 4 is 0 Å². The van der Waals surface area contributed by atoms with E-state index < -0.39 is 0 Å². The van der Waals surface area contributed by atoms with E-state index in [9.17, 15) is 0 Å². The number of nitrogens with two attached hydrogens (primary N) is 1. The Bertz CT molecular complexity index is 301. The molecule has 19 heavy (non-hydrogen) atoms. The van der Waals surface area contributed by atoms with Gasteiger partial charge in [-0.15, -0.1) is 0 Å². The topological polar surface area (TPSA) is 38.5 Å². The van der Waals surface area contributed by atoms with Gasteiger partial charge in [-0.1, -0.05) is 27.2 Å². The molecule has 0 saturated heterocycles. The number of unbranched alkanes of at least 4 members (excludes halogenated alkanes) is 1. The summed E-state index contributed by atoms with van der Waals surface area (Å²) in [5, 5.41) is 0. The van der Waals surface area contributed by atoms with Crippen LogP contribution in [0.25, 0.3) is 0 Å². The quantitative estimate of drug-likeness (QED) is 0.735. The van der Waals surface area contributed by atoms with Crippen molar-refractivity contribution in [3.8, 4) is 0 Å². The van der Waals surface area contributed by atoms with Gasteiger partial charge in [0.15, 0.2) is 0 Å². The van der Waals surface area contributed by atoms with Crippen LogP contribution in [0, 0.1) is 5.41 Å². The first-order chi connectivity index (χ1) is 8.94. The molecule has 2 aliphatic carbocycles. The molecule has 112 valence electrons. The minimum atomic E-state index is -0.0663. The molecule has 0 heterocycles. The molecule has 0 aromatic heterocycles. The second-order valence-electron chi connectivity index (χ2n) is 7.08. The molecule has 0 aromatic carbocycles. The van der Waals surface area contributed by atoms with Gasteiger partial charge in [-0.05, 0) is 39.2 Å². The van der Waals surface area contributed by atoms with Crippen LogP contribution < -0.4 is 5.73 Å². The zero-order valence-electron chi connectivity index (χ0n) is 13.2. The van der Waals surface area contributed by atoms with E-state index in [0.29, 0.717) is 6.10 Å². The van der Waals surface area contributed by atoms with Crippen molar-refractivity contribution in [1.82, 2.24) is 4.90 Å². The van der Waals surface area contributed by atoms with Gasteiger partial charge >= 0.3 is 0 Å². The monoisotopic (exact) mass is 268 g/mol. The Morgan fingerprint density at radius 2 is 1.95 bits per heavy atom. The lowest BCUT2D eigenvalue weighted by Gasteiger charge is -2.60. The minimum absolute atomic E-state index is 0.0663. The molecule has 2 saturated carbocycles. The summed E-state index contributed by atoms with van der Waals surface area (Å²) in [5.74, 6) is 0. The van der Waals surface area contributed by atoms with Crippen LogP contribution in [0.4, 0.5) is 0 Å². The van der Waals surface area contributed by atoms with E-state index in [4.69, 9.17) is 10.5 Å². The number of hydrogen-bond acceptors (Lipinski definition) is 3. The Hall–Kier alpha value is -0.120. The highest BCUT2D eigenvalue weighted by atomic mass is 16.5. The maximum Gasteiger partial charge on any atom is 0.0662 e. The van der Waals surface area contributed by atoms with E-state index in [1.807, 2.05) is 0 Å². The SMILES string of the molecule is CCCCN(CC1(N)CC(OCC)C1(C)C)C1CC1. The van der Waals surface area contributed by atoms with Crippen molar-refractivity contribution in [3.63, 3.8) is 0 Å². The van der Waals surface area contributed by atoms with Gasteiger partial charge in [0, 0.05) is 30.1 Å². The summed E-state index contributed by atoms with van der Waals surface area (Å²) in [6.45, 7) is 12.0. The fourth-order valence-electron chi connectivity index (χ4n) is 3.33. The Kier molecular flexibility index (Phi) is 4.59. The molecule has 2 unspecified atom stereocenters. The Balaban J connectivity index is 1.93. The summed E-state index contributed by atoms with van der Waals surface area (Å²) in [6, 6.07) is 0.814. The molecular formula is C16H32N2O. The van der Waals surface area contributed by atoms with Crippen LogP contribution in [0.3, 0.4) is 0 Å². The van der Waals surface area contributed by atoms with Crippen LogP contribution in [0.1, 0.15) is 59.8 Å². The van der Waals surface area contributed by atoms with Gasteiger partial charge in [-0.2, -0.15) is 0 Å². The lowest BCUT2D eigenvalue weighted by Crippen LogP contribution is -2.73. The Morgan fingerprint density at radius 3 is 2.42 bits per heavy atom. The summed E-state index contributed by atoms with van der Waals surface area (Å²) in [7, 11) is 0. The van der Waals surface area contributed by atoms with Crippen molar-refractivity contribution < 1.29 is 4.74 Å². The van der Waals surface area contributed by atoms with Crippen molar-refractivity contribution in [2.75, 3.05) is 19.7 Å². The molecule has 0 aliphatic heterocycles. The van der Waals surface area contributed by atoms with Crippen molar-refractivity contribution in [2.24, 2.45) is 11.1 Å². The van der Waals surface area contributed by atoms with E-state index in [1.54, 1.807) is 0 Å². The average molecular weight is 268 g/mol. The fraction of sp³-hybridized carbons (Fsp3) is 1.00. The van der Waals surface area contributed by atoms with Gasteiger partial charge in [0.05, 0.1) is 6.10 Å². The molecule has 3 heteroatoms. The van der Waals surface area contributed by atoms with E-state index >= 15 is 0 Å². The van der Waals surface area contributed by atoms with Crippen LogP contribution in [-0.2, 0) is 4.74 Å². The van der Waals surface area contributed by atoms with E-state index in [0.717, 1.165) is 25.6 Å². The first-order valence-corrected chi connectivity index (χ1v) is 8.09. The number of ether oxygens (including phenoxy) is 1. The lowest BCUT2D eigenvalue weighted by atomic mass is 9.54. The molecule has 2 fully saturated rings. The molecule has 0 bridgehead atoms. The van der Waals surface area contributed by atoms with E-state index in [2.05, 4.69) is 32.6 Å². The molecule has 3 nitrogen and oxygen atoms in total. The zero-order valence-corrected chi connectivity index (χ0v) is 13.2. The lowest BCUT2D eigenvalue weighted by molar-refractivity contribution is -0.157. The molecule has 0 aromatic rings. The number of hydrogen-bond donors (Lipinski definition) is 1. The van der Waals surface area contributed by atoms with Crippen LogP contribution in [0.15, 0.2) is 0 Å². The van der Waals surface area contributed by atoms with Gasteiger partial charge in [0.1, 0.15) is 0 Å². The largest absolute Gasteiger partial charge is 0.378 e. The first kappa shape index (κ1) is 15.3. The molecule has 0 amide bonds. The van der Waals surface area contributed by atoms with Gasteiger partial charge in [-0.25, -0.2) is 0 Å². The zero-order chi connectivity index (χ0) is 14.1. The molecule has 0 radical (unpaired) electrons. The highest BCUT2D eigenvalue weighted by Gasteiger charge is 2.59. The molecular weight excluding hydrogens is 236 g/mol. The standard InChI is InChI=1S/C16H32N2O/c1-5-7-10-18(13-8-9-13)12-16(17)11-14(19-6-2)15(16,3)4/h13-14H,5-12,17H2,1-4H3. The number of nitrogens with zero attached hydrogens (tertiary/aromatic N) is 1. The van der Waals surface area contributed by atoms with E-state index in [-0.39, 0.29) is 11.0 Å². The van der Waals surface area contributed by atoms with Crippen LogP contribution in [0.5, 0.6) is 0 Å². The molecule has 2 aliphatic rings. The summed E-state index contributed by atoms with van der Waals surface area (Å²) in [5.41, 5.74) is 6.75. The van der Waals surface area contributed by atoms with Crippen LogP contribution in [0.2, 0.25) is 0 Å². The summed E-state index contributed by atoms with van der Waals surface area (Å²) in [4.78, 5) is 2.65. The van der Waals surface area contributed by atoms with Gasteiger partial charge in [-0.3, -0.25) is 4.90 Å². The Labute approximate surface area is 118 Å². The maximum atomic E-state index is 6.72. The van der Waals surface area contributed by atoms with Crippen molar-refractivity contribution in [3.05, 3.63) is 0 Å². The predicted molar refractivity (Wildman–Crippen MR) is 80.2 cm³/mol. The van der Waals surface area contributed by atoms with E-state index in [1.165, 1.54) is 32.2 Å². The molecule has 2 N–H and O–H groups in total. The molecule has 2 atom stereocenters. The Morgan fingerprint density at radius 1 is 1.26 bits per heavy atom. The second kappa shape index (κ2) is 5.71. The third-order valence-corrected chi connectivity index (χ3v) is 5.35. The molecule has 0 spiro atoms. The third kappa shape index (κ3) is 2.98. The average Bonchev–Trinajstić information content (AvgIpc) is 3.18. The summed E-state index contributed by atoms with van der Waals surface area (Å²) < 4.78 is 5.83. The highest BCUT2D eigenvalue weighted by Crippen LogP contribution is 2.50. The fourth-order valence-corrected chi connectivity index (χ4v) is 3.33. The highest BCUT2D eigenvalue weighted by molar-refractivity contribution is 5.15. The van der Waals surface area contributed by atoms with Gasteiger partial charge < -0.3 is 10.5 Å². The van der Waals surface area contributed by atoms with Gasteiger partial charge in [0.2, 0.25) is 0 Å². The third-order valence-electron chi connectivity index (χ3n) is 5.35.